The second kappa shape index (κ2) is 6.97. The summed E-state index contributed by atoms with van der Waals surface area (Å²) in [7, 11) is 2.76. The van der Waals surface area contributed by atoms with Crippen LogP contribution in [0.25, 0.3) is 0 Å². The molecule has 0 aliphatic heterocycles. The van der Waals surface area contributed by atoms with Crippen LogP contribution in [-0.2, 0) is 11.0 Å². The Kier molecular flexibility index (Phi) is 6.36. The Morgan fingerprint density at radius 1 is 1.38 bits per heavy atom. The zero-order valence-corrected chi connectivity index (χ0v) is 10.3. The monoisotopic (exact) mass is 244 g/mol. The van der Waals surface area contributed by atoms with Gasteiger partial charge in [-0.1, -0.05) is 12.1 Å². The molecule has 1 aromatic rings. The summed E-state index contributed by atoms with van der Waals surface area (Å²) < 4.78 is 11.8. The molecule has 0 bridgehead atoms. The molecule has 16 heavy (non-hydrogen) atoms. The molecule has 0 fully saturated rings. The summed E-state index contributed by atoms with van der Waals surface area (Å²) in [6.07, 6.45) is 1.64. The number of nitrogens with two attached hydrogens (primary N) is 1. The standard InChI is InChI=1S/C7H7NO2.C3H9NOS/c8-6-4-2-1-3-5(6)7(9)10;1-4(2)6(3)5/h1-4H,8H2,(H,9,10);1-3H3. The second-order valence-corrected chi connectivity index (χ2v) is 4.71. The normalized spacial score (nSPS) is 11.5. The van der Waals surface area contributed by atoms with Gasteiger partial charge < -0.3 is 10.8 Å². The first-order valence-electron chi connectivity index (χ1n) is 4.45. The molecule has 6 heteroatoms. The maximum absolute atomic E-state index is 10.3. The number of nitrogen functional groups attached to an aromatic ring is 1. The fourth-order valence-corrected chi connectivity index (χ4v) is 0.692. The molecule has 0 aliphatic rings. The Balaban J connectivity index is 0.000000325. The lowest BCUT2D eigenvalue weighted by molar-refractivity contribution is 0.0698. The van der Waals surface area contributed by atoms with Crippen LogP contribution in [0, 0.1) is 0 Å². The minimum Gasteiger partial charge on any atom is -0.478 e. The van der Waals surface area contributed by atoms with E-state index < -0.39 is 17.0 Å². The molecule has 1 unspecified atom stereocenters. The number of aromatic carboxylic acids is 1. The van der Waals surface area contributed by atoms with Crippen LogP contribution in [0.3, 0.4) is 0 Å². The molecule has 0 aromatic heterocycles. The van der Waals surface area contributed by atoms with Crippen LogP contribution in [0.15, 0.2) is 24.3 Å². The summed E-state index contributed by atoms with van der Waals surface area (Å²) in [4.78, 5) is 10.3. The number of para-hydroxylation sites is 1. The first-order valence-corrected chi connectivity index (χ1v) is 5.96. The third kappa shape index (κ3) is 5.47. The van der Waals surface area contributed by atoms with E-state index in [0.29, 0.717) is 5.69 Å². The van der Waals surface area contributed by atoms with E-state index in [1.165, 1.54) is 6.07 Å². The van der Waals surface area contributed by atoms with Crippen molar-refractivity contribution in [2.24, 2.45) is 0 Å². The molecule has 0 spiro atoms. The highest BCUT2D eigenvalue weighted by Crippen LogP contribution is 2.08. The van der Waals surface area contributed by atoms with Gasteiger partial charge in [0.15, 0.2) is 0 Å². The van der Waals surface area contributed by atoms with Crippen molar-refractivity contribution in [1.29, 1.82) is 0 Å². The number of anilines is 1. The number of nitrogens with zero attached hydrogens (tertiary/aromatic N) is 1. The number of rotatable bonds is 2. The van der Waals surface area contributed by atoms with Crippen LogP contribution < -0.4 is 5.73 Å². The van der Waals surface area contributed by atoms with E-state index in [1.807, 2.05) is 0 Å². The van der Waals surface area contributed by atoms with E-state index in [4.69, 9.17) is 10.8 Å². The molecule has 0 heterocycles. The van der Waals surface area contributed by atoms with E-state index in [2.05, 4.69) is 0 Å². The van der Waals surface area contributed by atoms with E-state index >= 15 is 0 Å². The Morgan fingerprint density at radius 2 is 1.81 bits per heavy atom. The third-order valence-electron chi connectivity index (χ3n) is 1.71. The van der Waals surface area contributed by atoms with Crippen molar-refractivity contribution in [2.45, 2.75) is 0 Å². The van der Waals surface area contributed by atoms with Crippen molar-refractivity contribution in [3.05, 3.63) is 29.8 Å². The zero-order chi connectivity index (χ0) is 12.7. The number of hydrogen-bond donors (Lipinski definition) is 2. The molecular weight excluding hydrogens is 228 g/mol. The Hall–Kier alpha value is -1.40. The Bertz CT molecular complexity index is 380. The van der Waals surface area contributed by atoms with Gasteiger partial charge in [0.1, 0.15) is 0 Å². The molecule has 0 saturated heterocycles. The van der Waals surface area contributed by atoms with Gasteiger partial charge in [-0.3, -0.25) is 0 Å². The van der Waals surface area contributed by atoms with Crippen LogP contribution in [0.4, 0.5) is 5.69 Å². The predicted molar refractivity (Wildman–Crippen MR) is 65.6 cm³/mol. The fourth-order valence-electron chi connectivity index (χ4n) is 0.692. The predicted octanol–water partition coefficient (Wildman–Crippen LogP) is 0.809. The summed E-state index contributed by atoms with van der Waals surface area (Å²) in [5, 5.41) is 8.49. The Labute approximate surface area is 97.5 Å². The van der Waals surface area contributed by atoms with Crippen molar-refractivity contribution < 1.29 is 14.1 Å². The van der Waals surface area contributed by atoms with E-state index in [0.717, 1.165) is 0 Å². The highest BCUT2D eigenvalue weighted by molar-refractivity contribution is 7.81. The van der Waals surface area contributed by atoms with Crippen LogP contribution >= 0.6 is 0 Å². The summed E-state index contributed by atoms with van der Waals surface area (Å²) in [6, 6.07) is 6.36. The van der Waals surface area contributed by atoms with Crippen LogP contribution in [0.1, 0.15) is 10.4 Å². The highest BCUT2D eigenvalue weighted by atomic mass is 32.2. The first kappa shape index (κ1) is 14.6. The summed E-state index contributed by atoms with van der Waals surface area (Å²) in [5.74, 6) is -0.988. The smallest absolute Gasteiger partial charge is 0.337 e. The molecule has 0 amide bonds. The minimum atomic E-state index is -0.988. The number of benzene rings is 1. The SMILES string of the molecule is CN(C)S(C)=O.Nc1ccccc1C(=O)O. The number of hydrogen-bond acceptors (Lipinski definition) is 3. The molecular formula is C10H16N2O3S. The van der Waals surface area contributed by atoms with Gasteiger partial charge >= 0.3 is 5.97 Å². The fraction of sp³-hybridized carbons (Fsp3) is 0.300. The molecule has 1 rings (SSSR count). The molecule has 1 aromatic carbocycles. The van der Waals surface area contributed by atoms with Crippen molar-refractivity contribution in [1.82, 2.24) is 4.31 Å². The lowest BCUT2D eigenvalue weighted by Crippen LogP contribution is -2.12. The van der Waals surface area contributed by atoms with Gasteiger partial charge in [0, 0.05) is 11.9 Å². The van der Waals surface area contributed by atoms with Crippen LogP contribution in [0.2, 0.25) is 0 Å². The molecule has 0 saturated carbocycles. The first-order chi connectivity index (χ1) is 7.36. The average Bonchev–Trinajstić information content (AvgIpc) is 2.18. The van der Waals surface area contributed by atoms with Crippen molar-refractivity contribution in [3.8, 4) is 0 Å². The molecule has 0 aliphatic carbocycles. The van der Waals surface area contributed by atoms with Gasteiger partial charge in [0.2, 0.25) is 0 Å². The maximum atomic E-state index is 10.3. The molecule has 1 atom stereocenters. The van der Waals surface area contributed by atoms with Gasteiger partial charge in [-0.15, -0.1) is 0 Å². The topological polar surface area (TPSA) is 83.6 Å². The zero-order valence-electron chi connectivity index (χ0n) is 9.51. The van der Waals surface area contributed by atoms with Crippen molar-refractivity contribution in [2.75, 3.05) is 26.1 Å². The largest absolute Gasteiger partial charge is 0.478 e. The van der Waals surface area contributed by atoms with E-state index in [1.54, 1.807) is 42.9 Å². The lowest BCUT2D eigenvalue weighted by atomic mass is 10.2. The second-order valence-electron chi connectivity index (χ2n) is 3.13. The summed E-state index contributed by atoms with van der Waals surface area (Å²) in [5.41, 5.74) is 5.80. The van der Waals surface area contributed by atoms with Gasteiger partial charge in [-0.05, 0) is 26.2 Å². The van der Waals surface area contributed by atoms with E-state index in [-0.39, 0.29) is 5.56 Å². The van der Waals surface area contributed by atoms with Gasteiger partial charge in [0.25, 0.3) is 0 Å². The van der Waals surface area contributed by atoms with Crippen molar-refractivity contribution in [3.63, 3.8) is 0 Å². The Morgan fingerprint density at radius 3 is 2.06 bits per heavy atom. The number of carbonyl (C=O) groups is 1. The molecule has 5 nitrogen and oxygen atoms in total. The van der Waals surface area contributed by atoms with Gasteiger partial charge in [-0.25, -0.2) is 13.3 Å². The third-order valence-corrected chi connectivity index (χ3v) is 2.73. The molecule has 0 radical (unpaired) electrons. The number of carboxylic acid groups (broad SMARTS) is 1. The number of carboxylic acids is 1. The van der Waals surface area contributed by atoms with E-state index in [9.17, 15) is 9.00 Å². The highest BCUT2D eigenvalue weighted by Gasteiger charge is 2.03. The quantitative estimate of drug-likeness (QED) is 0.754. The molecule has 90 valence electrons. The van der Waals surface area contributed by atoms with Crippen LogP contribution in [0.5, 0.6) is 0 Å². The maximum Gasteiger partial charge on any atom is 0.337 e. The lowest BCUT2D eigenvalue weighted by Gasteiger charge is -2.00. The average molecular weight is 244 g/mol. The van der Waals surface area contributed by atoms with Crippen LogP contribution in [-0.4, -0.2) is 39.9 Å². The summed E-state index contributed by atoms with van der Waals surface area (Å²) >= 11 is 0. The minimum absolute atomic E-state index is 0.155. The molecule has 3 N–H and O–H groups in total. The van der Waals surface area contributed by atoms with Gasteiger partial charge in [0.05, 0.1) is 16.5 Å². The summed E-state index contributed by atoms with van der Waals surface area (Å²) in [6.45, 7) is 0. The van der Waals surface area contributed by atoms with Gasteiger partial charge in [-0.2, -0.15) is 0 Å². The van der Waals surface area contributed by atoms with Crippen molar-refractivity contribution >= 4 is 22.6 Å².